The van der Waals surface area contributed by atoms with E-state index < -0.39 is 28.9 Å². The first-order valence-electron chi connectivity index (χ1n) is 12.0. The van der Waals surface area contributed by atoms with Crippen LogP contribution in [0.4, 0.5) is 18.9 Å². The Balaban J connectivity index is 1.76. The molecule has 4 N–H and O–H groups in total. The zero-order chi connectivity index (χ0) is 28.6. The van der Waals surface area contributed by atoms with Crippen LogP contribution >= 0.6 is 0 Å². The number of phenols is 1. The van der Waals surface area contributed by atoms with Gasteiger partial charge in [0.2, 0.25) is 10.0 Å². The lowest BCUT2D eigenvalue weighted by molar-refractivity contribution is -0.153. The van der Waals surface area contributed by atoms with Gasteiger partial charge in [-0.2, -0.15) is 13.2 Å². The molecule has 0 heterocycles. The van der Waals surface area contributed by atoms with E-state index in [0.717, 1.165) is 11.8 Å². The molecular weight excluding hydrogens is 537 g/mol. The van der Waals surface area contributed by atoms with Crippen LogP contribution in [0.25, 0.3) is 0 Å². The van der Waals surface area contributed by atoms with E-state index in [4.69, 9.17) is 9.47 Å². The first-order valence-corrected chi connectivity index (χ1v) is 13.8. The topological polar surface area (TPSA) is 117 Å². The van der Waals surface area contributed by atoms with Gasteiger partial charge < -0.3 is 25.0 Å². The molecule has 0 saturated carbocycles. The van der Waals surface area contributed by atoms with Crippen LogP contribution < -0.4 is 19.5 Å². The normalized spacial score (nSPS) is 13.5. The molecule has 0 aliphatic carbocycles. The molecule has 0 fully saturated rings. The molecule has 8 nitrogen and oxygen atoms in total. The van der Waals surface area contributed by atoms with Gasteiger partial charge in [-0.3, -0.25) is 4.72 Å². The van der Waals surface area contributed by atoms with Crippen molar-refractivity contribution in [2.75, 3.05) is 31.2 Å². The molecule has 0 aliphatic heterocycles. The Labute approximate surface area is 225 Å². The maximum Gasteiger partial charge on any atom is 0.422 e. The number of phenolic OH excluding ortho intramolecular Hbond substituents is 1. The van der Waals surface area contributed by atoms with E-state index in [0.29, 0.717) is 17.5 Å². The average molecular weight is 569 g/mol. The molecule has 0 radical (unpaired) electrons. The van der Waals surface area contributed by atoms with Gasteiger partial charge in [0.1, 0.15) is 5.75 Å². The van der Waals surface area contributed by atoms with E-state index in [1.54, 1.807) is 18.2 Å². The number of sulfonamides is 1. The Morgan fingerprint density at radius 3 is 2.31 bits per heavy atom. The minimum Gasteiger partial charge on any atom is -0.506 e. The lowest BCUT2D eigenvalue weighted by atomic mass is 9.97. The summed E-state index contributed by atoms with van der Waals surface area (Å²) in [5.74, 6) is -0.133. The highest BCUT2D eigenvalue weighted by molar-refractivity contribution is 7.92. The second-order valence-electron chi connectivity index (χ2n) is 9.05. The molecule has 2 atom stereocenters. The van der Waals surface area contributed by atoms with Crippen LogP contribution in [0.2, 0.25) is 0 Å². The molecule has 0 aliphatic rings. The van der Waals surface area contributed by atoms with Crippen molar-refractivity contribution in [2.24, 2.45) is 0 Å². The summed E-state index contributed by atoms with van der Waals surface area (Å²) in [4.78, 5) is 0. The molecule has 212 valence electrons. The molecule has 0 saturated heterocycles. The molecule has 0 aromatic heterocycles. The third kappa shape index (κ3) is 9.97. The third-order valence-corrected chi connectivity index (χ3v) is 6.28. The number of anilines is 1. The molecule has 3 rings (SSSR count). The van der Waals surface area contributed by atoms with Gasteiger partial charge >= 0.3 is 6.18 Å². The summed E-state index contributed by atoms with van der Waals surface area (Å²) in [5, 5.41) is 24.0. The van der Waals surface area contributed by atoms with Crippen LogP contribution in [0.3, 0.4) is 0 Å². The second-order valence-corrected chi connectivity index (χ2v) is 10.8. The van der Waals surface area contributed by atoms with Gasteiger partial charge in [-0.05, 0) is 53.8 Å². The van der Waals surface area contributed by atoms with Crippen molar-refractivity contribution >= 4 is 15.7 Å². The van der Waals surface area contributed by atoms with Crippen LogP contribution in [0, 0.1) is 0 Å². The molecule has 2 unspecified atom stereocenters. The van der Waals surface area contributed by atoms with Crippen molar-refractivity contribution in [2.45, 2.75) is 31.2 Å². The molecule has 12 heteroatoms. The molecular formula is C27H31F3N2O6S. The maximum atomic E-state index is 12.6. The lowest BCUT2D eigenvalue weighted by Crippen LogP contribution is -2.32. The Morgan fingerprint density at radius 2 is 1.67 bits per heavy atom. The number of aliphatic hydroxyl groups excluding tert-OH is 1. The minimum absolute atomic E-state index is 0.0111. The number of nitrogens with one attached hydrogen (secondary N) is 2. The van der Waals surface area contributed by atoms with Crippen molar-refractivity contribution in [3.8, 4) is 17.2 Å². The van der Waals surface area contributed by atoms with Crippen molar-refractivity contribution in [1.29, 1.82) is 0 Å². The van der Waals surface area contributed by atoms with Crippen LogP contribution in [0.5, 0.6) is 17.2 Å². The van der Waals surface area contributed by atoms with E-state index in [1.807, 2.05) is 30.3 Å². The van der Waals surface area contributed by atoms with Crippen molar-refractivity contribution in [3.63, 3.8) is 0 Å². The van der Waals surface area contributed by atoms with Gasteiger partial charge in [-0.15, -0.1) is 0 Å². The summed E-state index contributed by atoms with van der Waals surface area (Å²) >= 11 is 0. The predicted molar refractivity (Wildman–Crippen MR) is 142 cm³/mol. The van der Waals surface area contributed by atoms with Crippen molar-refractivity contribution in [3.05, 3.63) is 83.4 Å². The van der Waals surface area contributed by atoms with Gasteiger partial charge in [0, 0.05) is 12.6 Å². The lowest BCUT2D eigenvalue weighted by Gasteiger charge is -2.23. The van der Waals surface area contributed by atoms with Gasteiger partial charge in [0.15, 0.2) is 18.1 Å². The van der Waals surface area contributed by atoms with E-state index in [9.17, 15) is 31.8 Å². The van der Waals surface area contributed by atoms with Crippen LogP contribution in [-0.4, -0.2) is 57.4 Å². The van der Waals surface area contributed by atoms with E-state index in [1.165, 1.54) is 25.3 Å². The summed E-state index contributed by atoms with van der Waals surface area (Å²) in [5.41, 5.74) is 2.32. The minimum atomic E-state index is -4.49. The number of hydrogen-bond donors (Lipinski definition) is 4. The Hall–Kier alpha value is -3.48. The molecule has 0 bridgehead atoms. The van der Waals surface area contributed by atoms with Crippen molar-refractivity contribution in [1.82, 2.24) is 5.32 Å². The highest BCUT2D eigenvalue weighted by Crippen LogP contribution is 2.33. The fraction of sp³-hybridized carbons (Fsp3) is 0.333. The predicted octanol–water partition coefficient (Wildman–Crippen LogP) is 4.19. The zero-order valence-corrected chi connectivity index (χ0v) is 22.2. The quantitative estimate of drug-likeness (QED) is 0.229. The number of hydrogen-bond acceptors (Lipinski definition) is 7. The molecule has 39 heavy (non-hydrogen) atoms. The summed E-state index contributed by atoms with van der Waals surface area (Å²) < 4.78 is 73.4. The number of ether oxygens (including phenoxy) is 2. The van der Waals surface area contributed by atoms with E-state index in [-0.39, 0.29) is 41.9 Å². The highest BCUT2D eigenvalue weighted by Gasteiger charge is 2.29. The first-order chi connectivity index (χ1) is 18.3. The Kier molecular flexibility index (Phi) is 10.1. The number of benzene rings is 3. The van der Waals surface area contributed by atoms with Gasteiger partial charge in [-0.1, -0.05) is 42.5 Å². The number of alkyl halides is 3. The molecule has 0 amide bonds. The average Bonchev–Trinajstić information content (AvgIpc) is 2.86. The number of methoxy groups -OCH3 is 1. The third-order valence-electron chi connectivity index (χ3n) is 5.69. The van der Waals surface area contributed by atoms with E-state index in [2.05, 4.69) is 10.0 Å². The standard InChI is InChI=1S/C27H31F3N2O6S/c1-37-26-15-20(9-11-25(26)38-17-27(28,29)30)22(13-18-6-4-3-5-7-18)31-16-21(33)12-19-8-10-24(34)23(14-19)32-39(2,35)36/h3-11,14-15,21-22,31-34H,12-13,16-17H2,1-2H3. The monoisotopic (exact) mass is 568 g/mol. The smallest absolute Gasteiger partial charge is 0.422 e. The summed E-state index contributed by atoms with van der Waals surface area (Å²) in [6.07, 6.45) is -3.72. The zero-order valence-electron chi connectivity index (χ0n) is 21.4. The van der Waals surface area contributed by atoms with E-state index >= 15 is 0 Å². The number of aromatic hydroxyl groups is 1. The summed E-state index contributed by atoms with van der Waals surface area (Å²) in [6.45, 7) is -1.30. The second kappa shape index (κ2) is 13.0. The largest absolute Gasteiger partial charge is 0.506 e. The van der Waals surface area contributed by atoms with Crippen LogP contribution in [-0.2, 0) is 22.9 Å². The highest BCUT2D eigenvalue weighted by atomic mass is 32.2. The summed E-state index contributed by atoms with van der Waals surface area (Å²) in [7, 11) is -2.27. The first kappa shape index (κ1) is 30.1. The van der Waals surface area contributed by atoms with Gasteiger partial charge in [0.05, 0.1) is 25.2 Å². The SMILES string of the molecule is COc1cc(C(Cc2ccccc2)NCC(O)Cc2ccc(O)c(NS(C)(=O)=O)c2)ccc1OCC(F)(F)F. The Morgan fingerprint density at radius 1 is 0.949 bits per heavy atom. The van der Waals surface area contributed by atoms with Crippen LogP contribution in [0.15, 0.2) is 66.7 Å². The molecule has 3 aromatic carbocycles. The van der Waals surface area contributed by atoms with Gasteiger partial charge in [-0.25, -0.2) is 8.42 Å². The Bertz CT molecular complexity index is 1340. The number of aliphatic hydroxyl groups is 1. The maximum absolute atomic E-state index is 12.6. The number of halogens is 3. The van der Waals surface area contributed by atoms with Gasteiger partial charge in [0.25, 0.3) is 0 Å². The fourth-order valence-electron chi connectivity index (χ4n) is 3.95. The van der Waals surface area contributed by atoms with Crippen molar-refractivity contribution < 1.29 is 41.3 Å². The fourth-order valence-corrected chi connectivity index (χ4v) is 4.51. The summed E-state index contributed by atoms with van der Waals surface area (Å²) in [6, 6.07) is 18.2. The van der Waals surface area contributed by atoms with Crippen LogP contribution in [0.1, 0.15) is 22.7 Å². The molecule has 3 aromatic rings. The number of rotatable bonds is 13. The molecule has 0 spiro atoms.